The molecule has 4 aliphatic carbocycles. The Kier molecular flexibility index (Phi) is 6.68. The molecule has 0 aromatic rings. The molecule has 0 aromatic carbocycles. The molecule has 2 radical (unpaired) electrons. The van der Waals surface area contributed by atoms with Crippen molar-refractivity contribution in [1.82, 2.24) is 4.90 Å². The van der Waals surface area contributed by atoms with E-state index in [1.807, 2.05) is 0 Å². The summed E-state index contributed by atoms with van der Waals surface area (Å²) in [5.74, 6) is 1.90. The molecule has 0 spiro atoms. The summed E-state index contributed by atoms with van der Waals surface area (Å²) in [6, 6.07) is -0.782. The molecule has 4 fully saturated rings. The van der Waals surface area contributed by atoms with Gasteiger partial charge in [0.2, 0.25) is 12.8 Å². The fourth-order valence-corrected chi connectivity index (χ4v) is 5.48. The summed E-state index contributed by atoms with van der Waals surface area (Å²) in [7, 11) is 0. The van der Waals surface area contributed by atoms with Gasteiger partial charge in [0.25, 0.3) is 0 Å². The summed E-state index contributed by atoms with van der Waals surface area (Å²) in [5, 5.41) is 19.4. The van der Waals surface area contributed by atoms with E-state index >= 15 is 0 Å². The molecule has 0 aliphatic heterocycles. The van der Waals surface area contributed by atoms with Gasteiger partial charge in [-0.1, -0.05) is 0 Å². The Morgan fingerprint density at radius 3 is 1.57 bits per heavy atom. The number of hydrogen-bond donors (Lipinski definition) is 2. The Balaban J connectivity index is 0.00000110. The molecule has 1 atom stereocenters. The van der Waals surface area contributed by atoms with Gasteiger partial charge in [-0.2, -0.15) is 0 Å². The number of imide groups is 1. The molecule has 0 aromatic heterocycles. The third kappa shape index (κ3) is 3.32. The van der Waals surface area contributed by atoms with Crippen LogP contribution in [0.25, 0.3) is 0 Å². The summed E-state index contributed by atoms with van der Waals surface area (Å²) in [6.45, 7) is 0. The molecule has 2 amide bonds. The number of amides is 2. The molecule has 21 heavy (non-hydrogen) atoms. The van der Waals surface area contributed by atoms with Crippen molar-refractivity contribution < 1.29 is 58.8 Å². The molecule has 4 rings (SSSR count). The predicted molar refractivity (Wildman–Crippen MR) is 66.6 cm³/mol. The van der Waals surface area contributed by atoms with Crippen molar-refractivity contribution in [2.45, 2.75) is 50.9 Å². The standard InChI is InChI=1S/C14H21NO4.2Rh/c16-7-15(8-17)12(13(18)19)14-4-9-1-10(5-14)3-11(2-9)6-14;;/h7-13,18-19H,1-6H2;;/t9?,10?,11?,12-,14?;;/m1../s1. The van der Waals surface area contributed by atoms with E-state index < -0.39 is 12.3 Å². The van der Waals surface area contributed by atoms with E-state index in [4.69, 9.17) is 0 Å². The third-order valence-electron chi connectivity index (χ3n) is 5.56. The number of carbonyl (C=O) groups is 2. The van der Waals surface area contributed by atoms with Crippen LogP contribution in [0.2, 0.25) is 0 Å². The van der Waals surface area contributed by atoms with Crippen LogP contribution in [0.3, 0.4) is 0 Å². The second kappa shape index (κ2) is 7.25. The summed E-state index contributed by atoms with van der Waals surface area (Å²) in [5.41, 5.74) is -0.273. The Morgan fingerprint density at radius 2 is 1.29 bits per heavy atom. The first-order valence-electron chi connectivity index (χ1n) is 7.12. The van der Waals surface area contributed by atoms with Crippen LogP contribution in [-0.4, -0.2) is 40.3 Å². The van der Waals surface area contributed by atoms with Gasteiger partial charge < -0.3 is 10.2 Å². The van der Waals surface area contributed by atoms with Gasteiger partial charge in [-0.15, -0.1) is 0 Å². The smallest absolute Gasteiger partial charge is 0.216 e. The van der Waals surface area contributed by atoms with Crippen LogP contribution in [0.15, 0.2) is 0 Å². The summed E-state index contributed by atoms with van der Waals surface area (Å²) in [6.07, 6.45) is 5.65. The largest absolute Gasteiger partial charge is 0.366 e. The number of nitrogens with zero attached hydrogens (tertiary/aromatic N) is 1. The number of carbonyl (C=O) groups excluding carboxylic acids is 2. The van der Waals surface area contributed by atoms with Crippen LogP contribution in [-0.2, 0) is 48.5 Å². The fourth-order valence-electron chi connectivity index (χ4n) is 5.48. The Morgan fingerprint density at radius 1 is 0.905 bits per heavy atom. The number of hydrogen-bond acceptors (Lipinski definition) is 4. The molecule has 4 bridgehead atoms. The predicted octanol–water partition coefficient (Wildman–Crippen LogP) is 0.492. The quantitative estimate of drug-likeness (QED) is 0.347. The Hall–Kier alpha value is 0.307. The molecule has 2 N–H and O–H groups in total. The van der Waals surface area contributed by atoms with Crippen LogP contribution in [0.1, 0.15) is 38.5 Å². The van der Waals surface area contributed by atoms with E-state index in [2.05, 4.69) is 0 Å². The number of aliphatic hydroxyl groups is 2. The van der Waals surface area contributed by atoms with Crippen LogP contribution in [0.5, 0.6) is 0 Å². The van der Waals surface area contributed by atoms with Crippen molar-refractivity contribution >= 4 is 12.8 Å². The molecular weight excluding hydrogens is 452 g/mol. The van der Waals surface area contributed by atoms with Crippen molar-refractivity contribution in [3.63, 3.8) is 0 Å². The molecule has 7 heteroatoms. The maximum absolute atomic E-state index is 11.0. The molecule has 0 saturated heterocycles. The van der Waals surface area contributed by atoms with E-state index in [9.17, 15) is 19.8 Å². The van der Waals surface area contributed by atoms with E-state index in [1.165, 1.54) is 19.3 Å². The second-order valence-corrected chi connectivity index (χ2v) is 6.80. The van der Waals surface area contributed by atoms with Crippen molar-refractivity contribution in [1.29, 1.82) is 0 Å². The topological polar surface area (TPSA) is 77.8 Å². The monoisotopic (exact) mass is 473 g/mol. The molecule has 124 valence electrons. The second-order valence-electron chi connectivity index (χ2n) is 6.80. The summed E-state index contributed by atoms with van der Waals surface area (Å²) >= 11 is 0. The van der Waals surface area contributed by atoms with Crippen molar-refractivity contribution in [2.24, 2.45) is 23.2 Å². The SMILES string of the molecule is O=CN(C=O)[C@H](C(O)O)C12CC3CC(CC(C3)C1)C2.[Rh].[Rh]. The zero-order valence-corrected chi connectivity index (χ0v) is 14.9. The summed E-state index contributed by atoms with van der Waals surface area (Å²) in [4.78, 5) is 23.0. The molecular formula is C14H21NO4Rh2. The Bertz CT molecular complexity index is 348. The average molecular weight is 473 g/mol. The van der Waals surface area contributed by atoms with Gasteiger partial charge >= 0.3 is 0 Å². The Labute approximate surface area is 150 Å². The van der Waals surface area contributed by atoms with Crippen LogP contribution >= 0.6 is 0 Å². The summed E-state index contributed by atoms with van der Waals surface area (Å²) < 4.78 is 0. The molecule has 4 saturated carbocycles. The van der Waals surface area contributed by atoms with E-state index in [0.717, 1.165) is 24.2 Å². The van der Waals surface area contributed by atoms with E-state index in [1.54, 1.807) is 0 Å². The van der Waals surface area contributed by atoms with Crippen LogP contribution in [0, 0.1) is 23.2 Å². The van der Waals surface area contributed by atoms with Crippen LogP contribution < -0.4 is 0 Å². The normalized spacial score (nSPS) is 37.4. The first-order chi connectivity index (χ1) is 9.08. The van der Waals surface area contributed by atoms with Gasteiger partial charge in [-0.05, 0) is 61.7 Å². The zero-order valence-electron chi connectivity index (χ0n) is 11.6. The van der Waals surface area contributed by atoms with Crippen molar-refractivity contribution in [2.75, 3.05) is 0 Å². The van der Waals surface area contributed by atoms with Gasteiger partial charge in [0, 0.05) is 39.0 Å². The van der Waals surface area contributed by atoms with Gasteiger partial charge in [0.05, 0.1) is 6.04 Å². The maximum atomic E-state index is 11.0. The molecule has 0 unspecified atom stereocenters. The maximum Gasteiger partial charge on any atom is 0.216 e. The zero-order chi connectivity index (χ0) is 13.6. The van der Waals surface area contributed by atoms with Gasteiger partial charge in [-0.25, -0.2) is 0 Å². The van der Waals surface area contributed by atoms with E-state index in [-0.39, 0.29) is 44.4 Å². The first-order valence-corrected chi connectivity index (χ1v) is 7.12. The number of aliphatic hydroxyl groups excluding tert-OH is 1. The minimum absolute atomic E-state index is 0. The third-order valence-corrected chi connectivity index (χ3v) is 5.56. The molecule has 5 nitrogen and oxygen atoms in total. The van der Waals surface area contributed by atoms with Gasteiger partial charge in [0.15, 0.2) is 6.29 Å². The fraction of sp³-hybridized carbons (Fsp3) is 0.857. The van der Waals surface area contributed by atoms with Crippen molar-refractivity contribution in [3.8, 4) is 0 Å². The minimum atomic E-state index is -1.65. The average Bonchev–Trinajstić information content (AvgIpc) is 2.33. The van der Waals surface area contributed by atoms with Gasteiger partial charge in [-0.3, -0.25) is 14.5 Å². The first kappa shape index (κ1) is 19.4. The van der Waals surface area contributed by atoms with Crippen LogP contribution in [0.4, 0.5) is 0 Å². The molecule has 4 aliphatic rings. The van der Waals surface area contributed by atoms with E-state index in [0.29, 0.717) is 30.6 Å². The van der Waals surface area contributed by atoms with Crippen molar-refractivity contribution in [3.05, 3.63) is 0 Å². The molecule has 0 heterocycles. The number of rotatable bonds is 5. The van der Waals surface area contributed by atoms with Gasteiger partial charge in [0.1, 0.15) is 0 Å². The minimum Gasteiger partial charge on any atom is -0.366 e.